The average Bonchev–Trinajstić information content (AvgIpc) is 3.32. The van der Waals surface area contributed by atoms with E-state index in [1.165, 1.54) is 6.20 Å². The Labute approximate surface area is 153 Å². The molecule has 0 radical (unpaired) electrons. The number of aromatic nitrogens is 6. The third-order valence-corrected chi connectivity index (χ3v) is 4.19. The highest BCUT2D eigenvalue weighted by Gasteiger charge is 2.13. The molecule has 8 heteroatoms. The SMILES string of the molecule is O=C(Nc1nc2cccc(-n3cnc4ccccc43)n2n1)c1cccnc1. The van der Waals surface area contributed by atoms with Crippen LogP contribution in [0, 0.1) is 0 Å². The highest BCUT2D eigenvalue weighted by atomic mass is 16.1. The maximum atomic E-state index is 12.3. The van der Waals surface area contributed by atoms with Gasteiger partial charge in [0.2, 0.25) is 5.95 Å². The van der Waals surface area contributed by atoms with Gasteiger partial charge in [0.1, 0.15) is 12.1 Å². The van der Waals surface area contributed by atoms with Crippen molar-refractivity contribution >= 4 is 28.5 Å². The van der Waals surface area contributed by atoms with Crippen LogP contribution in [0.1, 0.15) is 10.4 Å². The highest BCUT2D eigenvalue weighted by Crippen LogP contribution is 2.19. The quantitative estimate of drug-likeness (QED) is 0.537. The molecule has 0 atom stereocenters. The second-order valence-electron chi connectivity index (χ2n) is 5.89. The van der Waals surface area contributed by atoms with Gasteiger partial charge in [0.15, 0.2) is 5.65 Å². The van der Waals surface area contributed by atoms with Gasteiger partial charge in [-0.3, -0.25) is 19.7 Å². The molecular formula is C19H13N7O. The molecule has 1 aromatic carbocycles. The average molecular weight is 355 g/mol. The van der Waals surface area contributed by atoms with Crippen molar-refractivity contribution in [2.45, 2.75) is 0 Å². The van der Waals surface area contributed by atoms with E-state index in [-0.39, 0.29) is 11.9 Å². The minimum Gasteiger partial charge on any atom is -0.289 e. The van der Waals surface area contributed by atoms with E-state index in [0.717, 1.165) is 16.9 Å². The van der Waals surface area contributed by atoms with E-state index in [1.54, 1.807) is 29.2 Å². The number of amides is 1. The van der Waals surface area contributed by atoms with Crippen molar-refractivity contribution in [3.8, 4) is 5.82 Å². The highest BCUT2D eigenvalue weighted by molar-refractivity contribution is 6.03. The first-order chi connectivity index (χ1) is 13.3. The molecular weight excluding hydrogens is 342 g/mol. The number of anilines is 1. The smallest absolute Gasteiger partial charge is 0.259 e. The Morgan fingerprint density at radius 3 is 2.81 bits per heavy atom. The molecule has 4 aromatic heterocycles. The fraction of sp³-hybridized carbons (Fsp3) is 0. The minimum absolute atomic E-state index is 0.223. The lowest BCUT2D eigenvalue weighted by Gasteiger charge is -2.05. The number of nitrogens with zero attached hydrogens (tertiary/aromatic N) is 6. The number of para-hydroxylation sites is 2. The number of pyridine rings is 2. The molecule has 8 nitrogen and oxygen atoms in total. The number of hydrogen-bond donors (Lipinski definition) is 1. The lowest BCUT2D eigenvalue weighted by Crippen LogP contribution is -2.13. The summed E-state index contributed by atoms with van der Waals surface area (Å²) in [6.45, 7) is 0. The van der Waals surface area contributed by atoms with Crippen LogP contribution in [-0.2, 0) is 0 Å². The van der Waals surface area contributed by atoms with Gasteiger partial charge in [0, 0.05) is 12.4 Å². The Morgan fingerprint density at radius 1 is 1.00 bits per heavy atom. The van der Waals surface area contributed by atoms with Crippen molar-refractivity contribution in [1.82, 2.24) is 29.1 Å². The summed E-state index contributed by atoms with van der Waals surface area (Å²) in [5.41, 5.74) is 2.91. The lowest BCUT2D eigenvalue weighted by molar-refractivity contribution is 0.102. The van der Waals surface area contributed by atoms with E-state index in [4.69, 9.17) is 0 Å². The Hall–Kier alpha value is -4.07. The monoisotopic (exact) mass is 355 g/mol. The predicted octanol–water partition coefficient (Wildman–Crippen LogP) is 2.72. The van der Waals surface area contributed by atoms with Crippen molar-refractivity contribution in [3.05, 3.63) is 78.9 Å². The van der Waals surface area contributed by atoms with Crippen molar-refractivity contribution < 1.29 is 4.79 Å². The van der Waals surface area contributed by atoms with Gasteiger partial charge in [-0.15, -0.1) is 5.10 Å². The molecule has 0 aliphatic heterocycles. The van der Waals surface area contributed by atoms with E-state index >= 15 is 0 Å². The molecule has 1 N–H and O–H groups in total. The van der Waals surface area contributed by atoms with Crippen LogP contribution < -0.4 is 5.32 Å². The molecule has 27 heavy (non-hydrogen) atoms. The van der Waals surface area contributed by atoms with Crippen molar-refractivity contribution in [3.63, 3.8) is 0 Å². The van der Waals surface area contributed by atoms with E-state index in [0.29, 0.717) is 11.2 Å². The lowest BCUT2D eigenvalue weighted by atomic mass is 10.3. The zero-order valence-electron chi connectivity index (χ0n) is 14.0. The summed E-state index contributed by atoms with van der Waals surface area (Å²) < 4.78 is 3.61. The minimum atomic E-state index is -0.311. The Kier molecular flexibility index (Phi) is 3.39. The first kappa shape index (κ1) is 15.2. The largest absolute Gasteiger partial charge is 0.289 e. The Bertz CT molecular complexity index is 1270. The summed E-state index contributed by atoms with van der Waals surface area (Å²) in [5, 5.41) is 7.16. The Balaban J connectivity index is 1.57. The number of nitrogens with one attached hydrogen (secondary N) is 1. The van der Waals surface area contributed by atoms with Crippen LogP contribution in [0.3, 0.4) is 0 Å². The normalized spacial score (nSPS) is 11.1. The molecule has 0 saturated heterocycles. The number of carbonyl (C=O) groups is 1. The molecule has 0 spiro atoms. The van der Waals surface area contributed by atoms with Gasteiger partial charge in [-0.2, -0.15) is 9.50 Å². The van der Waals surface area contributed by atoms with E-state index in [9.17, 15) is 4.79 Å². The number of fused-ring (bicyclic) bond motifs is 2. The van der Waals surface area contributed by atoms with E-state index in [2.05, 4.69) is 25.4 Å². The predicted molar refractivity (Wildman–Crippen MR) is 99.8 cm³/mol. The summed E-state index contributed by atoms with van der Waals surface area (Å²) in [5.74, 6) is 0.685. The molecule has 0 bridgehead atoms. The second kappa shape index (κ2) is 6.03. The second-order valence-corrected chi connectivity index (χ2v) is 5.89. The first-order valence-electron chi connectivity index (χ1n) is 8.29. The van der Waals surface area contributed by atoms with Gasteiger partial charge in [-0.05, 0) is 36.4 Å². The molecule has 0 unspecified atom stereocenters. The van der Waals surface area contributed by atoms with Crippen molar-refractivity contribution in [2.24, 2.45) is 0 Å². The molecule has 0 saturated carbocycles. The van der Waals surface area contributed by atoms with Crippen molar-refractivity contribution in [1.29, 1.82) is 0 Å². The summed E-state index contributed by atoms with van der Waals surface area (Å²) >= 11 is 0. The molecule has 0 aliphatic carbocycles. The number of carbonyl (C=O) groups excluding carboxylic acids is 1. The van der Waals surface area contributed by atoms with Gasteiger partial charge < -0.3 is 0 Å². The standard InChI is InChI=1S/C19H13N7O/c27-18(13-5-4-10-20-11-13)23-19-22-16-8-3-9-17(26(16)24-19)25-12-21-14-6-1-2-7-15(14)25/h1-12H,(H,23,24,27). The molecule has 1 amide bonds. The summed E-state index contributed by atoms with van der Waals surface area (Å²) in [6, 6.07) is 16.9. The van der Waals surface area contributed by atoms with Crippen molar-refractivity contribution in [2.75, 3.05) is 5.32 Å². The van der Waals surface area contributed by atoms with Crippen LogP contribution in [0.25, 0.3) is 22.5 Å². The summed E-state index contributed by atoms with van der Waals surface area (Å²) in [4.78, 5) is 25.1. The fourth-order valence-electron chi connectivity index (χ4n) is 2.94. The summed E-state index contributed by atoms with van der Waals surface area (Å²) in [7, 11) is 0. The number of hydrogen-bond acceptors (Lipinski definition) is 5. The third kappa shape index (κ3) is 2.60. The Morgan fingerprint density at radius 2 is 1.93 bits per heavy atom. The zero-order chi connectivity index (χ0) is 18.2. The van der Waals surface area contributed by atoms with Crippen LogP contribution in [0.4, 0.5) is 5.95 Å². The molecule has 5 rings (SSSR count). The van der Waals surface area contributed by atoms with Gasteiger partial charge in [-0.1, -0.05) is 18.2 Å². The van der Waals surface area contributed by atoms with Gasteiger partial charge in [0.25, 0.3) is 5.91 Å². The van der Waals surface area contributed by atoms with Crippen LogP contribution in [0.2, 0.25) is 0 Å². The topological polar surface area (TPSA) is 90.0 Å². The first-order valence-corrected chi connectivity index (χ1v) is 8.29. The molecule has 0 fully saturated rings. The van der Waals surface area contributed by atoms with E-state index in [1.807, 2.05) is 47.0 Å². The van der Waals surface area contributed by atoms with Gasteiger partial charge in [0.05, 0.1) is 16.6 Å². The van der Waals surface area contributed by atoms with E-state index < -0.39 is 0 Å². The zero-order valence-corrected chi connectivity index (χ0v) is 14.0. The number of rotatable bonds is 3. The fourth-order valence-corrected chi connectivity index (χ4v) is 2.94. The third-order valence-electron chi connectivity index (χ3n) is 4.19. The van der Waals surface area contributed by atoms with Crippen LogP contribution in [0.15, 0.2) is 73.3 Å². The molecule has 130 valence electrons. The molecule has 5 aromatic rings. The maximum absolute atomic E-state index is 12.3. The number of benzene rings is 1. The van der Waals surface area contributed by atoms with Crippen LogP contribution >= 0.6 is 0 Å². The van der Waals surface area contributed by atoms with Crippen LogP contribution in [-0.4, -0.2) is 35.0 Å². The maximum Gasteiger partial charge on any atom is 0.259 e. The molecule has 0 aliphatic rings. The van der Waals surface area contributed by atoms with Crippen LogP contribution in [0.5, 0.6) is 0 Å². The molecule has 4 heterocycles. The van der Waals surface area contributed by atoms with Gasteiger partial charge >= 0.3 is 0 Å². The van der Waals surface area contributed by atoms with Gasteiger partial charge in [-0.25, -0.2) is 4.98 Å². The summed E-state index contributed by atoms with van der Waals surface area (Å²) in [6.07, 6.45) is 4.85. The number of imidazole rings is 1.